The van der Waals surface area contributed by atoms with Gasteiger partial charge in [-0.3, -0.25) is 9.59 Å². The number of rotatable bonds is 5. The Hall–Kier alpha value is -3.45. The lowest BCUT2D eigenvalue weighted by Gasteiger charge is -2.34. The number of thiophene rings is 1. The van der Waals surface area contributed by atoms with Gasteiger partial charge in [-0.1, -0.05) is 30.3 Å². The summed E-state index contributed by atoms with van der Waals surface area (Å²) in [4.78, 5) is 29.3. The fourth-order valence-corrected chi connectivity index (χ4v) is 5.42. The number of amides is 1. The third kappa shape index (κ3) is 4.41. The van der Waals surface area contributed by atoms with Gasteiger partial charge in [0.15, 0.2) is 5.78 Å². The second-order valence-corrected chi connectivity index (χ2v) is 9.24. The number of hydrogen-bond acceptors (Lipinski definition) is 5. The number of carbonyl (C=O) groups is 2. The number of para-hydroxylation sites is 2. The third-order valence-corrected chi connectivity index (χ3v) is 6.97. The zero-order valence-electron chi connectivity index (χ0n) is 18.0. The number of ketones is 1. The molecule has 0 spiro atoms. The minimum atomic E-state index is -0.344. The van der Waals surface area contributed by atoms with Crippen molar-refractivity contribution >= 4 is 34.4 Å². The zero-order valence-corrected chi connectivity index (χ0v) is 18.8. The van der Waals surface area contributed by atoms with E-state index in [0.717, 1.165) is 40.4 Å². The summed E-state index contributed by atoms with van der Waals surface area (Å²) in [5.74, 6) is -0.398. The monoisotopic (exact) mass is 461 g/mol. The fourth-order valence-electron chi connectivity index (χ4n) is 4.58. The van der Waals surface area contributed by atoms with Gasteiger partial charge in [-0.25, -0.2) is 4.39 Å². The van der Waals surface area contributed by atoms with E-state index in [2.05, 4.69) is 10.6 Å². The van der Waals surface area contributed by atoms with Crippen LogP contribution in [0.1, 0.15) is 35.7 Å². The van der Waals surface area contributed by atoms with Gasteiger partial charge in [-0.05, 0) is 54.1 Å². The van der Waals surface area contributed by atoms with Gasteiger partial charge in [0.1, 0.15) is 5.82 Å². The molecule has 168 valence electrons. The van der Waals surface area contributed by atoms with Crippen molar-refractivity contribution in [1.82, 2.24) is 5.32 Å². The smallest absolute Gasteiger partial charge is 0.239 e. The van der Waals surface area contributed by atoms with Gasteiger partial charge >= 0.3 is 0 Å². The first-order valence-corrected chi connectivity index (χ1v) is 11.9. The number of anilines is 2. The largest absolute Gasteiger partial charge is 0.357 e. The predicted octanol–water partition coefficient (Wildman–Crippen LogP) is 5.18. The van der Waals surface area contributed by atoms with Crippen molar-refractivity contribution in [2.45, 2.75) is 31.8 Å². The average molecular weight is 462 g/mol. The molecule has 0 saturated carbocycles. The van der Waals surface area contributed by atoms with E-state index < -0.39 is 0 Å². The molecule has 1 atom stereocenters. The number of nitrogens with one attached hydrogen (secondary N) is 2. The van der Waals surface area contributed by atoms with Crippen LogP contribution in [-0.4, -0.2) is 18.2 Å². The number of fused-ring (bicyclic) bond motifs is 1. The van der Waals surface area contributed by atoms with Crippen LogP contribution >= 0.6 is 11.3 Å². The zero-order chi connectivity index (χ0) is 22.8. The number of nitrogens with zero attached hydrogens (tertiary/aromatic N) is 1. The van der Waals surface area contributed by atoms with E-state index in [1.165, 1.54) is 12.1 Å². The van der Waals surface area contributed by atoms with Gasteiger partial charge in [0.2, 0.25) is 5.91 Å². The van der Waals surface area contributed by atoms with Crippen molar-refractivity contribution in [2.24, 2.45) is 0 Å². The lowest BCUT2D eigenvalue weighted by Crippen LogP contribution is -2.40. The van der Waals surface area contributed by atoms with Crippen LogP contribution in [0.25, 0.3) is 0 Å². The first-order valence-electron chi connectivity index (χ1n) is 11.0. The van der Waals surface area contributed by atoms with E-state index >= 15 is 0 Å². The van der Waals surface area contributed by atoms with Crippen molar-refractivity contribution < 1.29 is 14.0 Å². The molecule has 1 aliphatic carbocycles. The molecule has 0 bridgehead atoms. The SMILES string of the molecule is O=C(CN1c2ccccc2NC2=C(C(=O)CCC2)C1c1cccs1)NCc1cccc(F)c1. The molecular weight excluding hydrogens is 437 g/mol. The molecule has 1 aromatic heterocycles. The lowest BCUT2D eigenvalue weighted by atomic mass is 9.88. The van der Waals surface area contributed by atoms with E-state index in [-0.39, 0.29) is 36.6 Å². The summed E-state index contributed by atoms with van der Waals surface area (Å²) in [6.45, 7) is 0.307. The molecule has 2 aliphatic rings. The Morgan fingerprint density at radius 3 is 2.82 bits per heavy atom. The third-order valence-electron chi connectivity index (χ3n) is 6.05. The van der Waals surface area contributed by atoms with E-state index in [1.807, 2.05) is 46.7 Å². The fraction of sp³-hybridized carbons (Fsp3) is 0.231. The van der Waals surface area contributed by atoms with E-state index in [0.29, 0.717) is 12.0 Å². The number of allylic oxidation sites excluding steroid dienone is 1. The summed E-state index contributed by atoms with van der Waals surface area (Å²) in [7, 11) is 0. The van der Waals surface area contributed by atoms with E-state index in [1.54, 1.807) is 23.5 Å². The molecule has 1 aliphatic heterocycles. The van der Waals surface area contributed by atoms with Gasteiger partial charge in [-0.2, -0.15) is 0 Å². The molecule has 2 N–H and O–H groups in total. The number of Topliss-reactive ketones (excluding diaryl/α,β-unsaturated/α-hetero) is 1. The van der Waals surface area contributed by atoms with Crippen molar-refractivity contribution in [3.05, 3.63) is 93.6 Å². The topological polar surface area (TPSA) is 61.4 Å². The number of hydrogen-bond donors (Lipinski definition) is 2. The van der Waals surface area contributed by atoms with Crippen LogP contribution in [0.2, 0.25) is 0 Å². The molecule has 0 fully saturated rings. The summed E-state index contributed by atoms with van der Waals surface area (Å²) in [5, 5.41) is 8.40. The van der Waals surface area contributed by atoms with Crippen LogP contribution < -0.4 is 15.5 Å². The highest BCUT2D eigenvalue weighted by molar-refractivity contribution is 7.10. The van der Waals surface area contributed by atoms with Crippen molar-refractivity contribution in [2.75, 3.05) is 16.8 Å². The Morgan fingerprint density at radius 2 is 2.00 bits per heavy atom. The molecule has 33 heavy (non-hydrogen) atoms. The second-order valence-electron chi connectivity index (χ2n) is 8.26. The molecule has 5 nitrogen and oxygen atoms in total. The Labute approximate surface area is 195 Å². The molecule has 7 heteroatoms. The van der Waals surface area contributed by atoms with Crippen LogP contribution in [0, 0.1) is 5.82 Å². The van der Waals surface area contributed by atoms with Crippen molar-refractivity contribution in [3.8, 4) is 0 Å². The average Bonchev–Trinajstić information content (AvgIpc) is 3.29. The highest BCUT2D eigenvalue weighted by Gasteiger charge is 2.37. The maximum absolute atomic E-state index is 13.5. The Morgan fingerprint density at radius 1 is 1.12 bits per heavy atom. The Kier molecular flexibility index (Phi) is 5.96. The predicted molar refractivity (Wildman–Crippen MR) is 129 cm³/mol. The molecule has 2 aromatic carbocycles. The van der Waals surface area contributed by atoms with Gasteiger partial charge in [0.25, 0.3) is 0 Å². The Balaban J connectivity index is 1.50. The molecule has 0 radical (unpaired) electrons. The summed E-state index contributed by atoms with van der Waals surface area (Å²) in [6.07, 6.45) is 2.13. The molecule has 5 rings (SSSR count). The number of carbonyl (C=O) groups excluding carboxylic acids is 2. The second kappa shape index (κ2) is 9.19. The van der Waals surface area contributed by atoms with Gasteiger partial charge < -0.3 is 15.5 Å². The van der Waals surface area contributed by atoms with E-state index in [9.17, 15) is 14.0 Å². The first-order chi connectivity index (χ1) is 16.1. The number of benzene rings is 2. The first kappa shape index (κ1) is 21.4. The molecular formula is C26H24FN3O2S. The lowest BCUT2D eigenvalue weighted by molar-refractivity contribution is -0.120. The summed E-state index contributed by atoms with van der Waals surface area (Å²) >= 11 is 1.58. The van der Waals surface area contributed by atoms with Crippen LogP contribution in [0.15, 0.2) is 77.3 Å². The molecule has 2 heterocycles. The van der Waals surface area contributed by atoms with Gasteiger partial charge in [0, 0.05) is 29.1 Å². The summed E-state index contributed by atoms with van der Waals surface area (Å²) in [6, 6.07) is 17.7. The molecule has 3 aromatic rings. The number of halogens is 1. The normalized spacial score (nSPS) is 17.7. The molecule has 1 unspecified atom stereocenters. The maximum Gasteiger partial charge on any atom is 0.239 e. The molecule has 0 saturated heterocycles. The van der Waals surface area contributed by atoms with Crippen LogP contribution in [0.3, 0.4) is 0 Å². The molecule has 1 amide bonds. The van der Waals surface area contributed by atoms with Gasteiger partial charge in [-0.15, -0.1) is 11.3 Å². The van der Waals surface area contributed by atoms with Crippen LogP contribution in [0.4, 0.5) is 15.8 Å². The standard InChI is InChI=1S/C26H24FN3O2S/c27-18-7-3-6-17(14-18)15-28-24(32)16-30-21-10-2-1-8-19(21)29-20-9-4-11-22(31)25(20)26(30)23-12-5-13-33-23/h1-3,5-8,10,12-14,26,29H,4,9,11,15-16H2,(H,28,32). The highest BCUT2D eigenvalue weighted by Crippen LogP contribution is 2.45. The quantitative estimate of drug-likeness (QED) is 0.549. The van der Waals surface area contributed by atoms with Crippen molar-refractivity contribution in [3.63, 3.8) is 0 Å². The minimum Gasteiger partial charge on any atom is -0.357 e. The van der Waals surface area contributed by atoms with Gasteiger partial charge in [0.05, 0.1) is 24.0 Å². The van der Waals surface area contributed by atoms with Crippen LogP contribution in [-0.2, 0) is 16.1 Å². The Bertz CT molecular complexity index is 1220. The summed E-state index contributed by atoms with van der Waals surface area (Å²) < 4.78 is 13.5. The summed E-state index contributed by atoms with van der Waals surface area (Å²) in [5.41, 5.74) is 4.15. The minimum absolute atomic E-state index is 0.0701. The highest BCUT2D eigenvalue weighted by atomic mass is 32.1. The maximum atomic E-state index is 13.5. The van der Waals surface area contributed by atoms with Crippen molar-refractivity contribution in [1.29, 1.82) is 0 Å². The van der Waals surface area contributed by atoms with E-state index in [4.69, 9.17) is 0 Å². The van der Waals surface area contributed by atoms with Crippen LogP contribution in [0.5, 0.6) is 0 Å².